The molecule has 0 unspecified atom stereocenters. The van der Waals surface area contributed by atoms with E-state index in [9.17, 15) is 0 Å². The van der Waals surface area contributed by atoms with E-state index in [1.807, 2.05) is 0 Å². The average molecular weight is 189 g/mol. The first-order chi connectivity index (χ1) is 6.75. The molecule has 0 aromatic heterocycles. The van der Waals surface area contributed by atoms with Crippen LogP contribution in [0, 0.1) is 13.8 Å². The summed E-state index contributed by atoms with van der Waals surface area (Å²) in [5, 5.41) is 3.60. The fourth-order valence-corrected chi connectivity index (χ4v) is 1.91. The Bertz CT molecular complexity index is 313. The van der Waals surface area contributed by atoms with E-state index in [2.05, 4.69) is 37.4 Å². The fraction of sp³-hybridized carbons (Fsp3) is 0.538. The SMILES string of the molecule is Cc1ccc(CNC2CCC2)c(C)c1. The number of aryl methyl sites for hydroxylation is 2. The third-order valence-corrected chi connectivity index (χ3v) is 3.18. The highest BCUT2D eigenvalue weighted by Crippen LogP contribution is 2.19. The molecule has 1 N–H and O–H groups in total. The van der Waals surface area contributed by atoms with Crippen LogP contribution in [0.5, 0.6) is 0 Å². The summed E-state index contributed by atoms with van der Waals surface area (Å²) < 4.78 is 0. The van der Waals surface area contributed by atoms with E-state index in [4.69, 9.17) is 0 Å². The van der Waals surface area contributed by atoms with Gasteiger partial charge in [-0.05, 0) is 37.8 Å². The molecule has 0 bridgehead atoms. The number of benzene rings is 1. The molecule has 2 rings (SSSR count). The highest BCUT2D eigenvalue weighted by atomic mass is 14.9. The first-order valence-electron chi connectivity index (χ1n) is 5.55. The average Bonchev–Trinajstić information content (AvgIpc) is 2.05. The topological polar surface area (TPSA) is 12.0 Å². The van der Waals surface area contributed by atoms with Gasteiger partial charge in [0.05, 0.1) is 0 Å². The van der Waals surface area contributed by atoms with Crippen LogP contribution in [0.15, 0.2) is 18.2 Å². The zero-order chi connectivity index (χ0) is 9.97. The molecule has 0 radical (unpaired) electrons. The number of nitrogens with one attached hydrogen (secondary N) is 1. The van der Waals surface area contributed by atoms with Gasteiger partial charge in [0.15, 0.2) is 0 Å². The van der Waals surface area contributed by atoms with E-state index in [0.29, 0.717) is 0 Å². The Morgan fingerprint density at radius 1 is 1.29 bits per heavy atom. The van der Waals surface area contributed by atoms with Crippen molar-refractivity contribution in [3.8, 4) is 0 Å². The first-order valence-corrected chi connectivity index (χ1v) is 5.55. The molecule has 0 aliphatic heterocycles. The maximum Gasteiger partial charge on any atom is 0.0210 e. The van der Waals surface area contributed by atoms with Crippen LogP contribution in [-0.2, 0) is 6.54 Å². The van der Waals surface area contributed by atoms with Gasteiger partial charge >= 0.3 is 0 Å². The third-order valence-electron chi connectivity index (χ3n) is 3.18. The molecule has 0 spiro atoms. The summed E-state index contributed by atoms with van der Waals surface area (Å²) >= 11 is 0. The first kappa shape index (κ1) is 9.72. The minimum Gasteiger partial charge on any atom is -0.310 e. The van der Waals surface area contributed by atoms with Crippen LogP contribution in [0.2, 0.25) is 0 Å². The number of hydrogen-bond donors (Lipinski definition) is 1. The van der Waals surface area contributed by atoms with Crippen LogP contribution in [-0.4, -0.2) is 6.04 Å². The summed E-state index contributed by atoms with van der Waals surface area (Å²) in [5.74, 6) is 0. The van der Waals surface area contributed by atoms with Crippen molar-refractivity contribution >= 4 is 0 Å². The molecular formula is C13H19N. The zero-order valence-electron chi connectivity index (χ0n) is 9.14. The van der Waals surface area contributed by atoms with Gasteiger partial charge in [-0.15, -0.1) is 0 Å². The monoisotopic (exact) mass is 189 g/mol. The highest BCUT2D eigenvalue weighted by molar-refractivity contribution is 5.30. The second-order valence-electron chi connectivity index (χ2n) is 4.44. The second-order valence-corrected chi connectivity index (χ2v) is 4.44. The van der Waals surface area contributed by atoms with Crippen LogP contribution in [0.4, 0.5) is 0 Å². The van der Waals surface area contributed by atoms with Gasteiger partial charge in [0, 0.05) is 12.6 Å². The molecule has 1 heteroatoms. The van der Waals surface area contributed by atoms with Gasteiger partial charge in [0.2, 0.25) is 0 Å². The molecule has 0 heterocycles. The van der Waals surface area contributed by atoms with Crippen molar-refractivity contribution in [1.29, 1.82) is 0 Å². The van der Waals surface area contributed by atoms with E-state index >= 15 is 0 Å². The zero-order valence-corrected chi connectivity index (χ0v) is 9.14. The van der Waals surface area contributed by atoms with Gasteiger partial charge < -0.3 is 5.32 Å². The Hall–Kier alpha value is -0.820. The van der Waals surface area contributed by atoms with Crippen molar-refractivity contribution in [2.24, 2.45) is 0 Å². The lowest BCUT2D eigenvalue weighted by Crippen LogP contribution is -2.34. The fourth-order valence-electron chi connectivity index (χ4n) is 1.91. The molecular weight excluding hydrogens is 170 g/mol. The molecule has 1 nitrogen and oxygen atoms in total. The largest absolute Gasteiger partial charge is 0.310 e. The van der Waals surface area contributed by atoms with Crippen molar-refractivity contribution in [3.63, 3.8) is 0 Å². The van der Waals surface area contributed by atoms with Gasteiger partial charge in [0.25, 0.3) is 0 Å². The van der Waals surface area contributed by atoms with E-state index in [0.717, 1.165) is 12.6 Å². The molecule has 76 valence electrons. The molecule has 0 saturated heterocycles. The maximum atomic E-state index is 3.60. The maximum absolute atomic E-state index is 3.60. The van der Waals surface area contributed by atoms with Crippen LogP contribution in [0.1, 0.15) is 36.0 Å². The Morgan fingerprint density at radius 2 is 2.07 bits per heavy atom. The van der Waals surface area contributed by atoms with E-state index in [1.54, 1.807) is 0 Å². The Balaban J connectivity index is 1.94. The van der Waals surface area contributed by atoms with Crippen molar-refractivity contribution in [2.45, 2.75) is 45.7 Å². The third kappa shape index (κ3) is 2.16. The second kappa shape index (κ2) is 4.14. The molecule has 1 aliphatic carbocycles. The normalized spacial score (nSPS) is 16.7. The van der Waals surface area contributed by atoms with Gasteiger partial charge in [0.1, 0.15) is 0 Å². The summed E-state index contributed by atoms with van der Waals surface area (Å²) in [6.07, 6.45) is 4.14. The molecule has 0 amide bonds. The predicted molar refractivity (Wildman–Crippen MR) is 60.4 cm³/mol. The van der Waals surface area contributed by atoms with Gasteiger partial charge in [-0.25, -0.2) is 0 Å². The van der Waals surface area contributed by atoms with Crippen LogP contribution in [0.25, 0.3) is 0 Å². The molecule has 0 atom stereocenters. The summed E-state index contributed by atoms with van der Waals surface area (Å²) in [7, 11) is 0. The van der Waals surface area contributed by atoms with E-state index in [1.165, 1.54) is 36.0 Å². The number of rotatable bonds is 3. The minimum absolute atomic E-state index is 0.788. The quantitative estimate of drug-likeness (QED) is 0.771. The van der Waals surface area contributed by atoms with E-state index < -0.39 is 0 Å². The van der Waals surface area contributed by atoms with Gasteiger partial charge in [-0.2, -0.15) is 0 Å². The molecule has 1 aliphatic rings. The standard InChI is InChI=1S/C13H19N/c1-10-6-7-12(11(2)8-10)9-14-13-4-3-5-13/h6-8,13-14H,3-5,9H2,1-2H3. The summed E-state index contributed by atoms with van der Waals surface area (Å²) in [4.78, 5) is 0. The molecule has 1 fully saturated rings. The van der Waals surface area contributed by atoms with Crippen LogP contribution < -0.4 is 5.32 Å². The van der Waals surface area contributed by atoms with Gasteiger partial charge in [-0.3, -0.25) is 0 Å². The van der Waals surface area contributed by atoms with Crippen molar-refractivity contribution in [1.82, 2.24) is 5.32 Å². The summed E-state index contributed by atoms with van der Waals surface area (Å²) in [5.41, 5.74) is 4.22. The molecule has 14 heavy (non-hydrogen) atoms. The van der Waals surface area contributed by atoms with Crippen molar-refractivity contribution in [2.75, 3.05) is 0 Å². The Morgan fingerprint density at radius 3 is 2.64 bits per heavy atom. The molecule has 1 aromatic carbocycles. The lowest BCUT2D eigenvalue weighted by molar-refractivity contribution is 0.338. The minimum atomic E-state index is 0.788. The highest BCUT2D eigenvalue weighted by Gasteiger charge is 2.16. The van der Waals surface area contributed by atoms with Crippen molar-refractivity contribution in [3.05, 3.63) is 34.9 Å². The Kier molecular flexibility index (Phi) is 2.87. The van der Waals surface area contributed by atoms with Gasteiger partial charge in [-0.1, -0.05) is 30.2 Å². The summed E-state index contributed by atoms with van der Waals surface area (Å²) in [6, 6.07) is 7.49. The number of hydrogen-bond acceptors (Lipinski definition) is 1. The van der Waals surface area contributed by atoms with Crippen molar-refractivity contribution < 1.29 is 0 Å². The Labute approximate surface area is 86.5 Å². The lowest BCUT2D eigenvalue weighted by atomic mass is 9.93. The predicted octanol–water partition coefficient (Wildman–Crippen LogP) is 2.95. The van der Waals surface area contributed by atoms with Crippen LogP contribution in [0.3, 0.4) is 0 Å². The summed E-state index contributed by atoms with van der Waals surface area (Å²) in [6.45, 7) is 5.39. The van der Waals surface area contributed by atoms with Crippen LogP contribution >= 0.6 is 0 Å². The molecule has 1 aromatic rings. The lowest BCUT2D eigenvalue weighted by Gasteiger charge is -2.26. The molecule has 1 saturated carbocycles. The van der Waals surface area contributed by atoms with E-state index in [-0.39, 0.29) is 0 Å². The smallest absolute Gasteiger partial charge is 0.0210 e.